The molecule has 1 aliphatic rings. The number of aromatic amines is 1. The number of imidazole rings is 1. The fourth-order valence-electron chi connectivity index (χ4n) is 2.60. The second-order valence-corrected chi connectivity index (χ2v) is 4.95. The predicted octanol–water partition coefficient (Wildman–Crippen LogP) is 2.75. The average Bonchev–Trinajstić information content (AvgIpc) is 2.87. The van der Waals surface area contributed by atoms with Gasteiger partial charge in [-0.15, -0.1) is 0 Å². The minimum Gasteiger partial charge on any atom is -0.345 e. The topological polar surface area (TPSA) is 40.7 Å². The van der Waals surface area contributed by atoms with Crippen LogP contribution in [0.2, 0.25) is 0 Å². The molecule has 2 aromatic rings. The summed E-state index contributed by atoms with van der Waals surface area (Å²) in [6.45, 7) is 3.13. The summed E-state index contributed by atoms with van der Waals surface area (Å²) in [7, 11) is 0. The molecule has 0 aliphatic carbocycles. The summed E-state index contributed by atoms with van der Waals surface area (Å²) in [6.07, 6.45) is 5.23. The van der Waals surface area contributed by atoms with Gasteiger partial charge in [-0.1, -0.05) is 37.6 Å². The van der Waals surface area contributed by atoms with Crippen molar-refractivity contribution in [3.05, 3.63) is 53.1 Å². The molecule has 1 aliphatic heterocycles. The molecule has 0 fully saturated rings. The van der Waals surface area contributed by atoms with Crippen LogP contribution in [-0.4, -0.2) is 9.97 Å². The first-order valence-electron chi connectivity index (χ1n) is 6.70. The molecule has 1 aromatic carbocycles. The van der Waals surface area contributed by atoms with Gasteiger partial charge in [-0.2, -0.15) is 0 Å². The largest absolute Gasteiger partial charge is 0.345 e. The molecule has 3 nitrogen and oxygen atoms in total. The molecule has 94 valence electrons. The first-order valence-corrected chi connectivity index (χ1v) is 6.70. The van der Waals surface area contributed by atoms with Crippen LogP contribution in [0.5, 0.6) is 0 Å². The maximum atomic E-state index is 4.51. The fraction of sp³-hybridized carbons (Fsp3) is 0.400. The summed E-state index contributed by atoms with van der Waals surface area (Å²) in [6, 6.07) is 8.96. The van der Waals surface area contributed by atoms with Crippen molar-refractivity contribution in [1.29, 1.82) is 0 Å². The van der Waals surface area contributed by atoms with E-state index in [1.807, 2.05) is 6.20 Å². The highest BCUT2D eigenvalue weighted by atomic mass is 15.0. The van der Waals surface area contributed by atoms with Gasteiger partial charge in [-0.25, -0.2) is 4.98 Å². The zero-order valence-electron chi connectivity index (χ0n) is 10.7. The Morgan fingerprint density at radius 1 is 1.28 bits per heavy atom. The van der Waals surface area contributed by atoms with Gasteiger partial charge in [0.1, 0.15) is 5.82 Å². The third kappa shape index (κ3) is 2.18. The van der Waals surface area contributed by atoms with Gasteiger partial charge >= 0.3 is 0 Å². The van der Waals surface area contributed by atoms with Crippen molar-refractivity contribution in [2.45, 2.75) is 38.8 Å². The molecule has 0 saturated heterocycles. The molecular weight excluding hydrogens is 222 g/mol. The lowest BCUT2D eigenvalue weighted by atomic mass is 9.96. The van der Waals surface area contributed by atoms with Gasteiger partial charge in [0.15, 0.2) is 0 Å². The molecule has 0 saturated carbocycles. The third-order valence-corrected chi connectivity index (χ3v) is 3.58. The van der Waals surface area contributed by atoms with Crippen LogP contribution in [0, 0.1) is 0 Å². The van der Waals surface area contributed by atoms with Gasteiger partial charge in [0.2, 0.25) is 0 Å². The Bertz CT molecular complexity index is 530. The summed E-state index contributed by atoms with van der Waals surface area (Å²) in [4.78, 5) is 7.95. The SMILES string of the molecule is CCCc1cnc(C2Cc3ccccc3CN2)[nH]1. The molecule has 0 bridgehead atoms. The Labute approximate surface area is 108 Å². The lowest BCUT2D eigenvalue weighted by Crippen LogP contribution is -2.29. The number of H-pyrrole nitrogens is 1. The van der Waals surface area contributed by atoms with E-state index in [1.165, 1.54) is 16.8 Å². The van der Waals surface area contributed by atoms with Crippen LogP contribution >= 0.6 is 0 Å². The number of rotatable bonds is 3. The van der Waals surface area contributed by atoms with E-state index < -0.39 is 0 Å². The minimum absolute atomic E-state index is 0.325. The number of nitrogens with zero attached hydrogens (tertiary/aromatic N) is 1. The average molecular weight is 241 g/mol. The van der Waals surface area contributed by atoms with Gasteiger partial charge < -0.3 is 10.3 Å². The first kappa shape index (κ1) is 11.5. The Balaban J connectivity index is 1.78. The molecule has 0 amide bonds. The van der Waals surface area contributed by atoms with Gasteiger partial charge in [-0.3, -0.25) is 0 Å². The second kappa shape index (κ2) is 4.94. The molecule has 0 radical (unpaired) electrons. The smallest absolute Gasteiger partial charge is 0.123 e. The third-order valence-electron chi connectivity index (χ3n) is 3.58. The highest BCUT2D eigenvalue weighted by Crippen LogP contribution is 2.24. The van der Waals surface area contributed by atoms with Crippen LogP contribution < -0.4 is 5.32 Å². The zero-order valence-corrected chi connectivity index (χ0v) is 10.7. The zero-order chi connectivity index (χ0) is 12.4. The highest BCUT2D eigenvalue weighted by Gasteiger charge is 2.21. The van der Waals surface area contributed by atoms with E-state index in [2.05, 4.69) is 46.5 Å². The maximum absolute atomic E-state index is 4.51. The van der Waals surface area contributed by atoms with Crippen LogP contribution in [0.4, 0.5) is 0 Å². The first-order chi connectivity index (χ1) is 8.86. The normalized spacial score (nSPS) is 18.6. The van der Waals surface area contributed by atoms with Crippen molar-refractivity contribution >= 4 is 0 Å². The summed E-state index contributed by atoms with van der Waals surface area (Å²) < 4.78 is 0. The summed E-state index contributed by atoms with van der Waals surface area (Å²) in [5.74, 6) is 1.08. The van der Waals surface area contributed by atoms with Crippen molar-refractivity contribution < 1.29 is 0 Å². The standard InChI is InChI=1S/C15H19N3/c1-2-5-13-10-17-15(18-13)14-8-11-6-3-4-7-12(11)9-16-14/h3-4,6-7,10,14,16H,2,5,8-9H2,1H3,(H,17,18). The molecule has 3 rings (SSSR count). The Morgan fingerprint density at radius 2 is 2.11 bits per heavy atom. The molecule has 1 unspecified atom stereocenters. The van der Waals surface area contributed by atoms with Crippen LogP contribution in [0.25, 0.3) is 0 Å². The van der Waals surface area contributed by atoms with Crippen LogP contribution in [0.15, 0.2) is 30.5 Å². The van der Waals surface area contributed by atoms with E-state index in [-0.39, 0.29) is 0 Å². The number of hydrogen-bond acceptors (Lipinski definition) is 2. The Morgan fingerprint density at radius 3 is 2.94 bits per heavy atom. The number of hydrogen-bond donors (Lipinski definition) is 2. The van der Waals surface area contributed by atoms with E-state index in [0.29, 0.717) is 6.04 Å². The molecule has 18 heavy (non-hydrogen) atoms. The second-order valence-electron chi connectivity index (χ2n) is 4.95. The molecule has 1 aromatic heterocycles. The quantitative estimate of drug-likeness (QED) is 0.867. The van der Waals surface area contributed by atoms with Crippen molar-refractivity contribution in [3.63, 3.8) is 0 Å². The molecule has 2 heterocycles. The van der Waals surface area contributed by atoms with Crippen molar-refractivity contribution in [2.75, 3.05) is 0 Å². The van der Waals surface area contributed by atoms with Crippen LogP contribution in [0.1, 0.15) is 42.0 Å². The number of benzene rings is 1. The molecule has 2 N–H and O–H groups in total. The highest BCUT2D eigenvalue weighted by molar-refractivity contribution is 5.30. The number of fused-ring (bicyclic) bond motifs is 1. The molecule has 0 spiro atoms. The van der Waals surface area contributed by atoms with Gasteiger partial charge in [-0.05, 0) is 24.0 Å². The van der Waals surface area contributed by atoms with E-state index in [1.54, 1.807) is 0 Å². The number of aryl methyl sites for hydroxylation is 1. The maximum Gasteiger partial charge on any atom is 0.123 e. The monoisotopic (exact) mass is 241 g/mol. The molecule has 3 heteroatoms. The van der Waals surface area contributed by atoms with Crippen molar-refractivity contribution in [3.8, 4) is 0 Å². The number of aromatic nitrogens is 2. The van der Waals surface area contributed by atoms with Crippen LogP contribution in [-0.2, 0) is 19.4 Å². The molecular formula is C15H19N3. The minimum atomic E-state index is 0.325. The molecule has 1 atom stereocenters. The summed E-state index contributed by atoms with van der Waals surface area (Å²) in [5, 5.41) is 3.55. The lowest BCUT2D eigenvalue weighted by molar-refractivity contribution is 0.479. The van der Waals surface area contributed by atoms with Gasteiger partial charge in [0.25, 0.3) is 0 Å². The van der Waals surface area contributed by atoms with Crippen molar-refractivity contribution in [2.24, 2.45) is 0 Å². The van der Waals surface area contributed by atoms with E-state index in [4.69, 9.17) is 0 Å². The lowest BCUT2D eigenvalue weighted by Gasteiger charge is -2.24. The Kier molecular flexibility index (Phi) is 3.15. The summed E-state index contributed by atoms with van der Waals surface area (Å²) in [5.41, 5.74) is 4.09. The van der Waals surface area contributed by atoms with E-state index in [9.17, 15) is 0 Å². The number of nitrogens with one attached hydrogen (secondary N) is 2. The van der Waals surface area contributed by atoms with E-state index in [0.717, 1.165) is 31.6 Å². The predicted molar refractivity (Wildman–Crippen MR) is 72.3 cm³/mol. The fourth-order valence-corrected chi connectivity index (χ4v) is 2.60. The van der Waals surface area contributed by atoms with Gasteiger partial charge in [0, 0.05) is 18.4 Å². The Hall–Kier alpha value is -1.61. The van der Waals surface area contributed by atoms with Gasteiger partial charge in [0.05, 0.1) is 6.04 Å². The summed E-state index contributed by atoms with van der Waals surface area (Å²) >= 11 is 0. The van der Waals surface area contributed by atoms with Crippen LogP contribution in [0.3, 0.4) is 0 Å². The van der Waals surface area contributed by atoms with E-state index >= 15 is 0 Å². The van der Waals surface area contributed by atoms with Crippen molar-refractivity contribution in [1.82, 2.24) is 15.3 Å².